The van der Waals surface area contributed by atoms with Crippen molar-refractivity contribution in [3.63, 3.8) is 0 Å². The van der Waals surface area contributed by atoms with Crippen molar-refractivity contribution in [2.24, 2.45) is 17.8 Å². The zero-order chi connectivity index (χ0) is 19.4. The van der Waals surface area contributed by atoms with Gasteiger partial charge in [-0.1, -0.05) is 30.9 Å². The van der Waals surface area contributed by atoms with Crippen molar-refractivity contribution in [2.45, 2.75) is 6.42 Å². The van der Waals surface area contributed by atoms with Crippen LogP contribution < -0.4 is 16.4 Å². The number of carbonyl (C=O) groups excluding carboxylic acids is 2. The summed E-state index contributed by atoms with van der Waals surface area (Å²) >= 11 is 0. The van der Waals surface area contributed by atoms with Crippen LogP contribution in [0.4, 0.5) is 0 Å². The molecule has 138 valence electrons. The van der Waals surface area contributed by atoms with Crippen molar-refractivity contribution in [1.82, 2.24) is 15.2 Å². The number of hydrogen-bond acceptors (Lipinski definition) is 3. The summed E-state index contributed by atoms with van der Waals surface area (Å²) in [5.74, 6) is -0.494. The second-order valence-corrected chi connectivity index (χ2v) is 6.06. The molecule has 0 saturated heterocycles. The minimum Gasteiger partial charge on any atom is -0.369 e. The van der Waals surface area contributed by atoms with E-state index in [2.05, 4.69) is 22.2 Å². The molecule has 0 saturated carbocycles. The minimum atomic E-state index is -0.347. The van der Waals surface area contributed by atoms with Crippen LogP contribution in [0, 0.1) is 0 Å². The Labute approximate surface area is 157 Å². The van der Waals surface area contributed by atoms with E-state index in [1.54, 1.807) is 42.5 Å². The Bertz CT molecular complexity index is 954. The fraction of sp³-hybridized carbons (Fsp3) is 0.150. The summed E-state index contributed by atoms with van der Waals surface area (Å²) in [5, 5.41) is 5.40. The molecule has 3 rings (SSSR count). The van der Waals surface area contributed by atoms with Crippen molar-refractivity contribution < 1.29 is 9.59 Å². The molecule has 1 aromatic heterocycles. The lowest BCUT2D eigenvalue weighted by Gasteiger charge is -2.14. The molecule has 0 spiro atoms. The maximum atomic E-state index is 12.2. The van der Waals surface area contributed by atoms with Gasteiger partial charge in [-0.3, -0.25) is 14.9 Å². The number of allylic oxidation sites excluding steroid dienone is 2. The van der Waals surface area contributed by atoms with Crippen LogP contribution in [0.25, 0.3) is 5.70 Å². The molecule has 7 heteroatoms. The molecule has 0 atom stereocenters. The number of aliphatic imine (C=N–C) groups is 1. The molecule has 7 nitrogen and oxygen atoms in total. The van der Waals surface area contributed by atoms with E-state index in [4.69, 9.17) is 5.73 Å². The first-order chi connectivity index (χ1) is 13.0. The van der Waals surface area contributed by atoms with Gasteiger partial charge in [-0.05, 0) is 24.3 Å². The average Bonchev–Trinajstić information content (AvgIpc) is 3.00. The van der Waals surface area contributed by atoms with E-state index < -0.39 is 0 Å². The number of nitrogens with zero attached hydrogens (tertiary/aromatic N) is 2. The Balaban J connectivity index is 1.89. The van der Waals surface area contributed by atoms with Gasteiger partial charge in [-0.15, -0.1) is 0 Å². The highest BCUT2D eigenvalue weighted by Gasteiger charge is 2.23. The molecule has 0 unspecified atom stereocenters. The summed E-state index contributed by atoms with van der Waals surface area (Å²) in [4.78, 5) is 28.6. The van der Waals surface area contributed by atoms with Crippen LogP contribution in [-0.4, -0.2) is 28.9 Å². The monoisotopic (exact) mass is 363 g/mol. The highest BCUT2D eigenvalue weighted by atomic mass is 16.2. The number of nitrogens with one attached hydrogen (secondary N) is 2. The first-order valence-electron chi connectivity index (χ1n) is 8.51. The summed E-state index contributed by atoms with van der Waals surface area (Å²) < 4.78 is 1.92. The molecule has 0 radical (unpaired) electrons. The molecule has 27 heavy (non-hydrogen) atoms. The number of hydrogen-bond donors (Lipinski definition) is 3. The number of rotatable bonds is 4. The van der Waals surface area contributed by atoms with E-state index >= 15 is 0 Å². The zero-order valence-electron chi connectivity index (χ0n) is 15.0. The number of aromatic nitrogens is 1. The standard InChI is InChI=1S/C20H21N5O2/c1-3-7-15(17-12-14-16(25(17)2)10-11-22-19(14)27)23-20(21)24-18(26)13-8-5-4-6-9-13/h3-9,12H,1,10-11H2,2H3,(H,22,27)(H3,21,23,24,26)/b15-7-. The normalized spacial score (nSPS) is 14.3. The first kappa shape index (κ1) is 18.2. The van der Waals surface area contributed by atoms with Crippen LogP contribution in [0.2, 0.25) is 0 Å². The third-order valence-electron chi connectivity index (χ3n) is 4.31. The van der Waals surface area contributed by atoms with E-state index in [9.17, 15) is 9.59 Å². The maximum absolute atomic E-state index is 12.2. The average molecular weight is 363 g/mol. The number of guanidine groups is 1. The lowest BCUT2D eigenvalue weighted by atomic mass is 10.1. The predicted molar refractivity (Wildman–Crippen MR) is 105 cm³/mol. The van der Waals surface area contributed by atoms with Crippen LogP contribution >= 0.6 is 0 Å². The number of amides is 2. The summed E-state index contributed by atoms with van der Waals surface area (Å²) in [7, 11) is 1.87. The molecule has 2 aromatic rings. The maximum Gasteiger partial charge on any atom is 0.257 e. The molecule has 1 aliphatic rings. The Morgan fingerprint density at radius 2 is 2.11 bits per heavy atom. The van der Waals surface area contributed by atoms with E-state index in [1.807, 2.05) is 17.7 Å². The molecular formula is C20H21N5O2. The molecule has 1 aromatic carbocycles. The van der Waals surface area contributed by atoms with Gasteiger partial charge in [0.25, 0.3) is 11.8 Å². The van der Waals surface area contributed by atoms with Gasteiger partial charge in [0.05, 0.1) is 17.0 Å². The molecule has 2 amide bonds. The number of carbonyl (C=O) groups is 2. The van der Waals surface area contributed by atoms with Crippen LogP contribution in [0.15, 0.2) is 60.1 Å². The Hall–Kier alpha value is -3.61. The number of fused-ring (bicyclic) bond motifs is 1. The van der Waals surface area contributed by atoms with Crippen LogP contribution in [-0.2, 0) is 13.5 Å². The largest absolute Gasteiger partial charge is 0.369 e. The Kier molecular flexibility index (Phi) is 5.21. The van der Waals surface area contributed by atoms with Gasteiger partial charge in [0, 0.05) is 31.3 Å². The fourth-order valence-corrected chi connectivity index (χ4v) is 3.00. The van der Waals surface area contributed by atoms with Crippen LogP contribution in [0.3, 0.4) is 0 Å². The number of benzene rings is 1. The van der Waals surface area contributed by atoms with Gasteiger partial charge in [0.2, 0.25) is 5.96 Å². The quantitative estimate of drug-likeness (QED) is 0.437. The van der Waals surface area contributed by atoms with Gasteiger partial charge in [0.1, 0.15) is 0 Å². The highest BCUT2D eigenvalue weighted by molar-refractivity contribution is 6.06. The van der Waals surface area contributed by atoms with Crippen molar-refractivity contribution in [3.05, 3.63) is 77.6 Å². The number of nitrogens with two attached hydrogens (primary N) is 1. The molecule has 0 fully saturated rings. The highest BCUT2D eigenvalue weighted by Crippen LogP contribution is 2.25. The van der Waals surface area contributed by atoms with Gasteiger partial charge >= 0.3 is 0 Å². The third-order valence-corrected chi connectivity index (χ3v) is 4.31. The van der Waals surface area contributed by atoms with Crippen LogP contribution in [0.1, 0.15) is 32.1 Å². The summed E-state index contributed by atoms with van der Waals surface area (Å²) in [6.45, 7) is 4.31. The zero-order valence-corrected chi connectivity index (χ0v) is 15.0. The van der Waals surface area contributed by atoms with Gasteiger partial charge in [-0.2, -0.15) is 0 Å². The van der Waals surface area contributed by atoms with Gasteiger partial charge in [-0.25, -0.2) is 4.99 Å². The fourth-order valence-electron chi connectivity index (χ4n) is 3.00. The van der Waals surface area contributed by atoms with Crippen molar-refractivity contribution >= 4 is 23.5 Å². The second kappa shape index (κ2) is 7.74. The van der Waals surface area contributed by atoms with Gasteiger partial charge in [0.15, 0.2) is 0 Å². The summed E-state index contributed by atoms with van der Waals surface area (Å²) in [6.07, 6.45) is 4.00. The molecular weight excluding hydrogens is 342 g/mol. The molecule has 0 bridgehead atoms. The second-order valence-electron chi connectivity index (χ2n) is 6.06. The first-order valence-corrected chi connectivity index (χ1v) is 8.51. The van der Waals surface area contributed by atoms with E-state index in [0.29, 0.717) is 29.1 Å². The van der Waals surface area contributed by atoms with Crippen LogP contribution in [0.5, 0.6) is 0 Å². The molecule has 2 heterocycles. The van der Waals surface area contributed by atoms with Crippen molar-refractivity contribution in [2.75, 3.05) is 6.54 Å². The Morgan fingerprint density at radius 3 is 2.78 bits per heavy atom. The topological polar surface area (TPSA) is 102 Å². The molecule has 0 aliphatic carbocycles. The van der Waals surface area contributed by atoms with Crippen molar-refractivity contribution in [1.29, 1.82) is 0 Å². The minimum absolute atomic E-state index is 0.0411. The van der Waals surface area contributed by atoms with E-state index in [-0.39, 0.29) is 17.8 Å². The lowest BCUT2D eigenvalue weighted by Crippen LogP contribution is -2.36. The summed E-state index contributed by atoms with van der Waals surface area (Å²) in [5.41, 5.74) is 9.19. The SMILES string of the molecule is C=C/C=C(\N=C(N)NC(=O)c1ccccc1)c1cc2c(n1C)CCNC2=O. The lowest BCUT2D eigenvalue weighted by molar-refractivity contribution is 0.0943. The predicted octanol–water partition coefficient (Wildman–Crippen LogP) is 1.58. The third kappa shape index (κ3) is 3.82. The Morgan fingerprint density at radius 1 is 1.37 bits per heavy atom. The van der Waals surface area contributed by atoms with Crippen molar-refractivity contribution in [3.8, 4) is 0 Å². The molecule has 1 aliphatic heterocycles. The molecule has 4 N–H and O–H groups in total. The van der Waals surface area contributed by atoms with E-state index in [0.717, 1.165) is 12.1 Å². The smallest absolute Gasteiger partial charge is 0.257 e. The summed E-state index contributed by atoms with van der Waals surface area (Å²) in [6, 6.07) is 10.5. The van der Waals surface area contributed by atoms with E-state index in [1.165, 1.54) is 0 Å². The van der Waals surface area contributed by atoms with Gasteiger partial charge < -0.3 is 15.6 Å².